The molecule has 4 aromatic heterocycles. The van der Waals surface area contributed by atoms with Gasteiger partial charge in [0.25, 0.3) is 0 Å². The number of hydrogen-bond acceptors (Lipinski definition) is 5. The summed E-state index contributed by atoms with van der Waals surface area (Å²) in [6, 6.07) is 23.4. The number of aryl methyl sites for hydroxylation is 4. The quantitative estimate of drug-likeness (QED) is 0.0293. The van der Waals surface area contributed by atoms with Crippen LogP contribution in [0.2, 0.25) is 0 Å². The molecule has 6 aromatic rings. The highest BCUT2D eigenvalue weighted by atomic mass is 32.1. The highest BCUT2D eigenvalue weighted by Gasteiger charge is 2.20. The van der Waals surface area contributed by atoms with E-state index in [1.54, 1.807) is 17.4 Å². The minimum Gasteiger partial charge on any atom is -0.477 e. The van der Waals surface area contributed by atoms with E-state index in [9.17, 15) is 9.90 Å². The molecule has 66 heavy (non-hydrogen) atoms. The summed E-state index contributed by atoms with van der Waals surface area (Å²) in [6.07, 6.45) is 28.1. The number of unbranched alkanes of at least 4 members (excludes halogenated alkanes) is 12. The standard InChI is InChI=1S/C59H78N2O2S3/c1-8-13-17-21-27-43(42(7)54-38-46(30-24-20-16-11-4)57(65-54)47-33-34-53-50(37-47)49-31-25-26-32-52(49)61(53)12-5)35-41(6)56-45(29-23-19-15-10-3)39-55(66-56)58-44(28-22-18-14-9-2)36-48(64-58)40-51(60)59(62)63/h25-26,31-40H,8-24,27-30,60H2,1-7H3,(H,62,63)/b41-35+,43-42+,51-40+. The lowest BCUT2D eigenvalue weighted by Crippen LogP contribution is -2.08. The van der Waals surface area contributed by atoms with Crippen molar-refractivity contribution < 1.29 is 9.90 Å². The second kappa shape index (κ2) is 25.8. The van der Waals surface area contributed by atoms with Gasteiger partial charge in [0.2, 0.25) is 0 Å². The zero-order chi connectivity index (χ0) is 47.0. The molecule has 2 aromatic carbocycles. The van der Waals surface area contributed by atoms with E-state index in [0.717, 1.165) is 43.5 Å². The van der Waals surface area contributed by atoms with E-state index in [2.05, 4.69) is 120 Å². The summed E-state index contributed by atoms with van der Waals surface area (Å²) in [5, 5.41) is 12.3. The van der Waals surface area contributed by atoms with Crippen molar-refractivity contribution in [2.75, 3.05) is 0 Å². The van der Waals surface area contributed by atoms with E-state index >= 15 is 0 Å². The number of nitrogens with two attached hydrogens (primary N) is 1. The average Bonchev–Trinajstić information content (AvgIpc) is 4.12. The van der Waals surface area contributed by atoms with E-state index in [1.165, 1.54) is 181 Å². The van der Waals surface area contributed by atoms with Gasteiger partial charge in [0.1, 0.15) is 5.70 Å². The molecule has 354 valence electrons. The lowest BCUT2D eigenvalue weighted by atomic mass is 9.96. The van der Waals surface area contributed by atoms with Crippen molar-refractivity contribution in [1.82, 2.24) is 4.57 Å². The molecular formula is C59H78N2O2S3. The Morgan fingerprint density at radius 2 is 1.24 bits per heavy atom. The number of nitrogens with zero attached hydrogens (tertiary/aromatic N) is 1. The number of carboxylic acids is 1. The number of rotatable bonds is 28. The van der Waals surface area contributed by atoms with Crippen molar-refractivity contribution >= 4 is 79.0 Å². The van der Waals surface area contributed by atoms with Gasteiger partial charge >= 0.3 is 5.97 Å². The molecule has 0 unspecified atom stereocenters. The van der Waals surface area contributed by atoms with Crippen molar-refractivity contribution in [1.29, 1.82) is 0 Å². The molecule has 6 rings (SSSR count). The second-order valence-corrected chi connectivity index (χ2v) is 21.7. The Hall–Kier alpha value is -4.17. The van der Waals surface area contributed by atoms with Crippen molar-refractivity contribution in [3.63, 3.8) is 0 Å². The maximum atomic E-state index is 11.7. The summed E-state index contributed by atoms with van der Waals surface area (Å²) < 4.78 is 2.46. The Morgan fingerprint density at radius 1 is 0.636 bits per heavy atom. The van der Waals surface area contributed by atoms with E-state index in [-0.39, 0.29) is 5.70 Å². The molecule has 3 N–H and O–H groups in total. The Bertz CT molecular complexity index is 2600. The van der Waals surface area contributed by atoms with Gasteiger partial charge in [-0.25, -0.2) is 4.79 Å². The minimum atomic E-state index is -1.07. The number of allylic oxidation sites excluding steroid dienone is 4. The summed E-state index contributed by atoms with van der Waals surface area (Å²) in [4.78, 5) is 19.5. The second-order valence-electron chi connectivity index (χ2n) is 18.6. The van der Waals surface area contributed by atoms with Crippen LogP contribution in [0.25, 0.3) is 59.2 Å². The number of aromatic nitrogens is 1. The Balaban J connectivity index is 1.45. The van der Waals surface area contributed by atoms with E-state index in [4.69, 9.17) is 5.73 Å². The summed E-state index contributed by atoms with van der Waals surface area (Å²) in [7, 11) is 0. The fourth-order valence-corrected chi connectivity index (χ4v) is 13.3. The number of hydrogen-bond donors (Lipinski definition) is 2. The summed E-state index contributed by atoms with van der Waals surface area (Å²) in [5.41, 5.74) is 18.3. The van der Waals surface area contributed by atoms with E-state index in [0.29, 0.717) is 0 Å². The highest BCUT2D eigenvalue weighted by molar-refractivity contribution is 7.23. The predicted octanol–water partition coefficient (Wildman–Crippen LogP) is 18.9. The molecule has 0 atom stereocenters. The maximum absolute atomic E-state index is 11.7. The first kappa shape index (κ1) is 51.2. The van der Waals surface area contributed by atoms with Crippen LogP contribution in [0.4, 0.5) is 0 Å². The zero-order valence-electron chi connectivity index (χ0n) is 41.4. The third-order valence-corrected chi connectivity index (χ3v) is 17.3. The van der Waals surface area contributed by atoms with E-state index in [1.807, 2.05) is 22.7 Å². The first-order chi connectivity index (χ1) is 32.1. The first-order valence-corrected chi connectivity index (χ1v) is 28.1. The van der Waals surface area contributed by atoms with Gasteiger partial charge in [-0.15, -0.1) is 34.0 Å². The Kier molecular flexibility index (Phi) is 20.0. The van der Waals surface area contributed by atoms with Crippen LogP contribution in [0.1, 0.15) is 189 Å². The number of carbonyl (C=O) groups is 1. The Morgan fingerprint density at radius 3 is 1.88 bits per heavy atom. The van der Waals surface area contributed by atoms with Gasteiger partial charge in [0, 0.05) is 57.6 Å². The van der Waals surface area contributed by atoms with Crippen molar-refractivity contribution in [2.45, 2.75) is 183 Å². The van der Waals surface area contributed by atoms with Crippen molar-refractivity contribution in [3.05, 3.63) is 109 Å². The van der Waals surface area contributed by atoms with Gasteiger partial charge in [-0.1, -0.05) is 135 Å². The zero-order valence-corrected chi connectivity index (χ0v) is 43.8. The molecule has 0 aliphatic rings. The molecule has 0 radical (unpaired) electrons. The molecule has 0 bridgehead atoms. The molecule has 4 heterocycles. The average molecular weight is 943 g/mol. The van der Waals surface area contributed by atoms with Crippen LogP contribution in [0.5, 0.6) is 0 Å². The molecule has 4 nitrogen and oxygen atoms in total. The summed E-state index contributed by atoms with van der Waals surface area (Å²) >= 11 is 5.64. The summed E-state index contributed by atoms with van der Waals surface area (Å²) in [5.74, 6) is -1.07. The molecule has 0 aliphatic carbocycles. The smallest absolute Gasteiger partial charge is 0.351 e. The first-order valence-electron chi connectivity index (χ1n) is 25.6. The highest BCUT2D eigenvalue weighted by Crippen LogP contribution is 2.45. The molecular weight excluding hydrogens is 865 g/mol. The minimum absolute atomic E-state index is 0.112. The fourth-order valence-electron chi connectivity index (χ4n) is 9.59. The SMILES string of the molecule is CCCCCCC(/C=C(\C)c1sc(-c2sc(/C=C(/N)C(=O)O)cc2CCCCCC)cc1CCCCCC)=C(/C)c1cc(CCCCCC)c(-c2ccc3c(c2)c2ccccc2n3CC)s1. The van der Waals surface area contributed by atoms with Gasteiger partial charge in [-0.2, -0.15) is 0 Å². The van der Waals surface area contributed by atoms with Crippen LogP contribution < -0.4 is 5.73 Å². The predicted molar refractivity (Wildman–Crippen MR) is 294 cm³/mol. The van der Waals surface area contributed by atoms with Crippen LogP contribution in [-0.2, 0) is 30.6 Å². The normalized spacial score (nSPS) is 12.8. The third kappa shape index (κ3) is 13.1. The molecule has 7 heteroatoms. The lowest BCUT2D eigenvalue weighted by molar-refractivity contribution is -0.132. The molecule has 0 fully saturated rings. The van der Waals surface area contributed by atoms with Gasteiger partial charge in [0.15, 0.2) is 0 Å². The summed E-state index contributed by atoms with van der Waals surface area (Å²) in [6.45, 7) is 17.1. The molecule has 0 amide bonds. The maximum Gasteiger partial charge on any atom is 0.351 e. The third-order valence-electron chi connectivity index (χ3n) is 13.4. The van der Waals surface area contributed by atoms with Crippen LogP contribution in [0, 0.1) is 0 Å². The Labute approximate surface area is 409 Å². The number of para-hydroxylation sites is 1. The molecule has 0 saturated carbocycles. The van der Waals surface area contributed by atoms with Crippen molar-refractivity contribution in [3.8, 4) is 20.2 Å². The number of carboxylic acid groups (broad SMARTS) is 1. The largest absolute Gasteiger partial charge is 0.477 e. The monoisotopic (exact) mass is 943 g/mol. The van der Waals surface area contributed by atoms with Crippen LogP contribution in [0.15, 0.2) is 78.0 Å². The van der Waals surface area contributed by atoms with E-state index < -0.39 is 5.97 Å². The van der Waals surface area contributed by atoms with Crippen LogP contribution in [-0.4, -0.2) is 15.6 Å². The molecule has 0 saturated heterocycles. The van der Waals surface area contributed by atoms with Gasteiger partial charge in [-0.3, -0.25) is 0 Å². The molecule has 0 aliphatic heterocycles. The number of thiophene rings is 3. The number of aliphatic carboxylic acids is 1. The van der Waals surface area contributed by atoms with Gasteiger partial charge < -0.3 is 15.4 Å². The van der Waals surface area contributed by atoms with Crippen molar-refractivity contribution in [2.24, 2.45) is 5.73 Å². The van der Waals surface area contributed by atoms with Gasteiger partial charge in [-0.05, 0) is 154 Å². The van der Waals surface area contributed by atoms with Gasteiger partial charge in [0.05, 0.1) is 0 Å². The molecule has 0 spiro atoms. The fraction of sp³-hybridized carbons (Fsp3) is 0.475. The van der Waals surface area contributed by atoms with Crippen LogP contribution >= 0.6 is 34.0 Å². The number of benzene rings is 2. The number of fused-ring (bicyclic) bond motifs is 3. The van der Waals surface area contributed by atoms with Crippen LogP contribution in [0.3, 0.4) is 0 Å². The lowest BCUT2D eigenvalue weighted by Gasteiger charge is -2.11. The topological polar surface area (TPSA) is 68.2 Å².